The molecule has 9 nitrogen and oxygen atoms in total. The minimum atomic E-state index is 0.428. The molecule has 4 aromatic heterocycles. The Balaban J connectivity index is 1.34. The summed E-state index contributed by atoms with van der Waals surface area (Å²) in [5, 5.41) is 1.04. The van der Waals surface area contributed by atoms with Gasteiger partial charge in [-0.3, -0.25) is 9.13 Å². The molecule has 10 rings (SSSR count). The molecule has 0 atom stereocenters. The fourth-order valence-electron chi connectivity index (χ4n) is 6.73. The van der Waals surface area contributed by atoms with Crippen molar-refractivity contribution in [1.29, 1.82) is 0 Å². The number of hydrogen-bond acceptors (Lipinski definition) is 5. The van der Waals surface area contributed by atoms with Crippen molar-refractivity contribution in [2.45, 2.75) is 0 Å². The van der Waals surface area contributed by atoms with Gasteiger partial charge in [0.1, 0.15) is 17.2 Å². The van der Waals surface area contributed by atoms with E-state index in [4.69, 9.17) is 24.9 Å². The Kier molecular flexibility index (Phi) is 6.60. The molecule has 6 aromatic carbocycles. The molecule has 0 saturated heterocycles. The van der Waals surface area contributed by atoms with Gasteiger partial charge in [0.15, 0.2) is 0 Å². The third-order valence-corrected chi connectivity index (χ3v) is 9.04. The van der Waals surface area contributed by atoms with Crippen LogP contribution in [0.25, 0.3) is 79.3 Å². The summed E-state index contributed by atoms with van der Waals surface area (Å²) in [6, 6.07) is 54.9. The molecule has 0 unspecified atom stereocenters. The van der Waals surface area contributed by atoms with Crippen LogP contribution in [-0.4, -0.2) is 38.7 Å². The summed E-state index contributed by atoms with van der Waals surface area (Å²) in [4.78, 5) is 26.1. The van der Waals surface area contributed by atoms with E-state index < -0.39 is 0 Å². The average Bonchev–Trinajstić information content (AvgIpc) is 3.91. The molecule has 4 heterocycles. The third kappa shape index (κ3) is 4.79. The lowest BCUT2D eigenvalue weighted by Gasteiger charge is -2.13. The van der Waals surface area contributed by atoms with Crippen LogP contribution in [0.3, 0.4) is 0 Å². The van der Waals surface area contributed by atoms with Crippen LogP contribution in [0.5, 0.6) is 0 Å². The molecule has 9 heteroatoms. The second-order valence-electron chi connectivity index (χ2n) is 12.2. The maximum atomic E-state index is 5.29. The Morgan fingerprint density at radius 3 is 1.35 bits per heavy atom. The molecule has 0 spiro atoms. The Morgan fingerprint density at radius 1 is 0.373 bits per heavy atom. The minimum absolute atomic E-state index is 0.428. The van der Waals surface area contributed by atoms with Crippen molar-refractivity contribution in [3.63, 3.8) is 0 Å². The van der Waals surface area contributed by atoms with Gasteiger partial charge >= 0.3 is 0 Å². The van der Waals surface area contributed by atoms with E-state index in [0.29, 0.717) is 17.8 Å². The number of rotatable bonds is 6. The largest absolute Gasteiger partial charge is 0.295 e. The van der Waals surface area contributed by atoms with Crippen LogP contribution in [0, 0.1) is 0 Å². The van der Waals surface area contributed by atoms with Crippen molar-refractivity contribution >= 4 is 33.0 Å². The number of nitrogens with zero attached hydrogens (tertiary/aromatic N) is 9. The van der Waals surface area contributed by atoms with Crippen LogP contribution < -0.4 is 4.68 Å². The van der Waals surface area contributed by atoms with Gasteiger partial charge in [-0.05, 0) is 36.4 Å². The van der Waals surface area contributed by atoms with E-state index in [1.807, 2.05) is 117 Å². The molecule has 10 aromatic rings. The summed E-state index contributed by atoms with van der Waals surface area (Å²) in [5.41, 5.74) is 7.24. The number of benzene rings is 6. The quantitative estimate of drug-likeness (QED) is 0.169. The van der Waals surface area contributed by atoms with Crippen molar-refractivity contribution in [3.05, 3.63) is 170 Å². The predicted molar refractivity (Wildman–Crippen MR) is 198 cm³/mol. The molecule has 0 bridgehead atoms. The Bertz CT molecular complexity index is 2530. The first-order valence-electron chi connectivity index (χ1n) is 16.7. The summed E-state index contributed by atoms with van der Waals surface area (Å²) >= 11 is 0. The summed E-state index contributed by atoms with van der Waals surface area (Å²) in [6.07, 6.45) is 2.11. The monoisotopic (exact) mass is 658 g/mol. The first-order valence-corrected chi connectivity index (χ1v) is 16.7. The molecule has 0 aliphatic rings. The van der Waals surface area contributed by atoms with E-state index in [-0.39, 0.29) is 0 Å². The van der Waals surface area contributed by atoms with Crippen molar-refractivity contribution in [3.8, 4) is 46.3 Å². The summed E-state index contributed by atoms with van der Waals surface area (Å²) < 4.78 is 8.18. The zero-order valence-corrected chi connectivity index (χ0v) is 27.2. The molecule has 0 aliphatic carbocycles. The normalized spacial score (nSPS) is 11.5. The lowest BCUT2D eigenvalue weighted by Crippen LogP contribution is -2.40. The highest BCUT2D eigenvalue weighted by Gasteiger charge is 2.27. The van der Waals surface area contributed by atoms with Crippen LogP contribution in [0.2, 0.25) is 0 Å². The maximum Gasteiger partial charge on any atom is 0.295 e. The van der Waals surface area contributed by atoms with E-state index in [1.165, 1.54) is 0 Å². The van der Waals surface area contributed by atoms with Gasteiger partial charge in [0.05, 0.1) is 27.5 Å². The highest BCUT2D eigenvalue weighted by Crippen LogP contribution is 2.31. The topological polar surface area (TPSA) is 83.1 Å². The number of fused-ring (bicyclic) bond motifs is 3. The zero-order chi connectivity index (χ0) is 33.7. The molecular formula is C42H28N9+. The molecule has 0 saturated carbocycles. The van der Waals surface area contributed by atoms with Crippen molar-refractivity contribution in [1.82, 2.24) is 38.7 Å². The molecule has 51 heavy (non-hydrogen) atoms. The van der Waals surface area contributed by atoms with Gasteiger partial charge < -0.3 is 0 Å². The van der Waals surface area contributed by atoms with E-state index in [2.05, 4.69) is 71.5 Å². The molecule has 0 aliphatic heterocycles. The van der Waals surface area contributed by atoms with E-state index in [9.17, 15) is 0 Å². The number of aromatic nitrogens is 9. The fraction of sp³-hybridized carbons (Fsp3) is 0. The number of para-hydroxylation sites is 6. The van der Waals surface area contributed by atoms with Gasteiger partial charge in [-0.2, -0.15) is 15.0 Å². The lowest BCUT2D eigenvalue weighted by atomic mass is 10.2. The molecule has 0 N–H and O–H groups in total. The lowest BCUT2D eigenvalue weighted by molar-refractivity contribution is -0.672. The van der Waals surface area contributed by atoms with Crippen LogP contribution in [0.15, 0.2) is 170 Å². The minimum Gasteiger partial charge on any atom is -0.260 e. The van der Waals surface area contributed by atoms with E-state index >= 15 is 0 Å². The second-order valence-corrected chi connectivity index (χ2v) is 12.2. The molecule has 0 amide bonds. The van der Waals surface area contributed by atoms with Gasteiger partial charge in [0.2, 0.25) is 23.8 Å². The predicted octanol–water partition coefficient (Wildman–Crippen LogP) is 8.10. The summed E-state index contributed by atoms with van der Waals surface area (Å²) in [6.45, 7) is 0. The molecule has 240 valence electrons. The Morgan fingerprint density at radius 2 is 0.804 bits per heavy atom. The average molecular weight is 659 g/mol. The van der Waals surface area contributed by atoms with Crippen molar-refractivity contribution < 1.29 is 4.68 Å². The third-order valence-electron chi connectivity index (χ3n) is 9.04. The highest BCUT2D eigenvalue weighted by atomic mass is 15.5. The van der Waals surface area contributed by atoms with Crippen LogP contribution in [0.4, 0.5) is 0 Å². The smallest absolute Gasteiger partial charge is 0.260 e. The molecule has 0 fully saturated rings. The molecular weight excluding hydrogens is 631 g/mol. The second kappa shape index (κ2) is 11.7. The van der Waals surface area contributed by atoms with E-state index in [1.54, 1.807) is 0 Å². The Hall–Kier alpha value is -7.26. The Labute approximate surface area is 292 Å². The fourth-order valence-corrected chi connectivity index (χ4v) is 6.73. The van der Waals surface area contributed by atoms with Crippen LogP contribution in [-0.2, 0) is 0 Å². The zero-order valence-electron chi connectivity index (χ0n) is 27.2. The first-order chi connectivity index (χ1) is 25.3. The first kappa shape index (κ1) is 28.7. The SMILES string of the molecule is c1ccc(-c2nc3ccccc3n2-c2nc(-n3c(-c4ccccc4)nc4ccccc43)nc(-n3c4ccccc4c[n+]3-c3ccccc3)n2)cc1. The van der Waals surface area contributed by atoms with Crippen LogP contribution in [0.1, 0.15) is 0 Å². The van der Waals surface area contributed by atoms with E-state index in [0.717, 1.165) is 61.4 Å². The number of imidazole rings is 2. The van der Waals surface area contributed by atoms with Gasteiger partial charge in [0.25, 0.3) is 5.95 Å². The standard InChI is InChI=1S/C42H28N9/c1-4-16-29(17-5-1)38-43-33-23-11-14-26-36(33)49(38)40-45-41(50-37-27-15-12-24-34(37)44-39(50)30-18-6-2-7-19-30)47-42(46-40)51-35-25-13-10-20-31(35)28-48(51)32-21-8-3-9-22-32/h1-28H/q+1. The van der Waals surface area contributed by atoms with Gasteiger partial charge in [-0.15, -0.1) is 0 Å². The van der Waals surface area contributed by atoms with Gasteiger partial charge in [-0.25, -0.2) is 9.97 Å². The summed E-state index contributed by atoms with van der Waals surface area (Å²) in [7, 11) is 0. The van der Waals surface area contributed by atoms with Crippen molar-refractivity contribution in [2.75, 3.05) is 0 Å². The molecule has 0 radical (unpaired) electrons. The van der Waals surface area contributed by atoms with Gasteiger partial charge in [-0.1, -0.05) is 125 Å². The van der Waals surface area contributed by atoms with Crippen molar-refractivity contribution in [2.24, 2.45) is 0 Å². The van der Waals surface area contributed by atoms with Crippen LogP contribution >= 0.6 is 0 Å². The number of hydrogen-bond donors (Lipinski definition) is 0. The maximum absolute atomic E-state index is 5.29. The van der Waals surface area contributed by atoms with Gasteiger partial charge in [0, 0.05) is 23.3 Å². The summed E-state index contributed by atoms with van der Waals surface area (Å²) in [5.74, 6) is 2.75. The highest BCUT2D eigenvalue weighted by molar-refractivity contribution is 5.84.